The van der Waals surface area contributed by atoms with Gasteiger partial charge in [-0.3, -0.25) is 9.59 Å². The molecule has 3 aromatic carbocycles. The van der Waals surface area contributed by atoms with E-state index < -0.39 is 0 Å². The Labute approximate surface area is 195 Å². The number of hydrogen-bond donors (Lipinski definition) is 1. The Morgan fingerprint density at radius 2 is 1.64 bits per heavy atom. The number of ketones is 1. The lowest BCUT2D eigenvalue weighted by Gasteiger charge is -2.36. The molecule has 5 heteroatoms. The normalized spacial score (nSPS) is 16.0. The molecule has 1 heterocycles. The fourth-order valence-corrected chi connectivity index (χ4v) is 4.41. The number of amides is 1. The van der Waals surface area contributed by atoms with Gasteiger partial charge < -0.3 is 15.0 Å². The van der Waals surface area contributed by atoms with Crippen molar-refractivity contribution >= 4 is 11.7 Å². The number of ether oxygens (including phenoxy) is 1. The topological polar surface area (TPSA) is 58.6 Å². The molecule has 0 unspecified atom stereocenters. The van der Waals surface area contributed by atoms with Crippen LogP contribution in [-0.4, -0.2) is 36.3 Å². The van der Waals surface area contributed by atoms with Crippen LogP contribution in [0.25, 0.3) is 0 Å². The molecule has 170 valence electrons. The van der Waals surface area contributed by atoms with E-state index in [4.69, 9.17) is 4.74 Å². The van der Waals surface area contributed by atoms with E-state index in [1.54, 1.807) is 14.0 Å². The van der Waals surface area contributed by atoms with Crippen LogP contribution in [0.2, 0.25) is 0 Å². The van der Waals surface area contributed by atoms with Gasteiger partial charge in [-0.05, 0) is 35.6 Å². The molecule has 0 fully saturated rings. The molecule has 0 saturated carbocycles. The number of carbonyl (C=O) groups is 2. The zero-order valence-corrected chi connectivity index (χ0v) is 19.2. The molecule has 1 amide bonds. The van der Waals surface area contributed by atoms with Gasteiger partial charge in [0.25, 0.3) is 0 Å². The molecule has 2 atom stereocenters. The summed E-state index contributed by atoms with van der Waals surface area (Å²) >= 11 is 0. The highest BCUT2D eigenvalue weighted by atomic mass is 16.5. The number of methoxy groups -OCH3 is 1. The van der Waals surface area contributed by atoms with Crippen molar-refractivity contribution in [3.8, 4) is 0 Å². The molecular formula is C28H30N2O3. The van der Waals surface area contributed by atoms with Gasteiger partial charge in [0.1, 0.15) is 0 Å². The minimum Gasteiger partial charge on any atom is -0.382 e. The van der Waals surface area contributed by atoms with Crippen LogP contribution < -0.4 is 5.32 Å². The highest BCUT2D eigenvalue weighted by molar-refractivity contribution is 5.94. The first-order valence-electron chi connectivity index (χ1n) is 11.3. The molecule has 1 aliphatic heterocycles. The van der Waals surface area contributed by atoms with Gasteiger partial charge in [-0.1, -0.05) is 78.9 Å². The monoisotopic (exact) mass is 442 g/mol. The van der Waals surface area contributed by atoms with Gasteiger partial charge in [-0.25, -0.2) is 0 Å². The lowest BCUT2D eigenvalue weighted by molar-refractivity contribution is -0.138. The molecule has 4 rings (SSSR count). The minimum absolute atomic E-state index is 0.0288. The maximum atomic E-state index is 13.9. The van der Waals surface area contributed by atoms with Crippen LogP contribution in [0.1, 0.15) is 45.6 Å². The number of hydrogen-bond acceptors (Lipinski definition) is 4. The summed E-state index contributed by atoms with van der Waals surface area (Å²) in [7, 11) is 1.66. The van der Waals surface area contributed by atoms with Gasteiger partial charge in [0, 0.05) is 25.8 Å². The molecule has 5 nitrogen and oxygen atoms in total. The van der Waals surface area contributed by atoms with Crippen LogP contribution in [0.3, 0.4) is 0 Å². The Kier molecular flexibility index (Phi) is 7.33. The molecular weight excluding hydrogens is 412 g/mol. The first-order valence-corrected chi connectivity index (χ1v) is 11.3. The second-order valence-corrected chi connectivity index (χ2v) is 8.51. The molecule has 1 aliphatic rings. The molecule has 0 spiro atoms. The summed E-state index contributed by atoms with van der Waals surface area (Å²) in [6.45, 7) is 3.06. The maximum Gasteiger partial charge on any atom is 0.240 e. The zero-order valence-electron chi connectivity index (χ0n) is 19.2. The predicted octanol–water partition coefficient (Wildman–Crippen LogP) is 4.32. The van der Waals surface area contributed by atoms with E-state index in [1.807, 2.05) is 71.6 Å². The number of nitrogens with zero attached hydrogens (tertiary/aromatic N) is 1. The van der Waals surface area contributed by atoms with Crippen molar-refractivity contribution in [2.24, 2.45) is 0 Å². The van der Waals surface area contributed by atoms with Gasteiger partial charge >= 0.3 is 0 Å². The maximum absolute atomic E-state index is 13.9. The minimum atomic E-state index is -0.306. The Bertz CT molecular complexity index is 1100. The van der Waals surface area contributed by atoms with Crippen molar-refractivity contribution in [2.75, 3.05) is 13.7 Å². The van der Waals surface area contributed by atoms with Gasteiger partial charge in [0.05, 0.1) is 18.7 Å². The van der Waals surface area contributed by atoms with E-state index in [0.29, 0.717) is 31.7 Å². The van der Waals surface area contributed by atoms with Crippen molar-refractivity contribution in [2.45, 2.75) is 38.5 Å². The van der Waals surface area contributed by atoms with E-state index in [9.17, 15) is 9.59 Å². The Balaban J connectivity index is 1.65. The molecule has 0 aliphatic carbocycles. The Morgan fingerprint density at radius 3 is 2.30 bits per heavy atom. The summed E-state index contributed by atoms with van der Waals surface area (Å²) in [5.74, 6) is 0.0761. The average Bonchev–Trinajstić information content (AvgIpc) is 2.86. The van der Waals surface area contributed by atoms with E-state index in [1.165, 1.54) is 11.1 Å². The number of carbonyl (C=O) groups excluding carboxylic acids is 2. The first-order chi connectivity index (χ1) is 16.1. The van der Waals surface area contributed by atoms with Crippen LogP contribution in [0.5, 0.6) is 0 Å². The fourth-order valence-electron chi connectivity index (χ4n) is 4.41. The SMILES string of the molecule is COC[C@@H](c1ccccc1)N(Cc1ccc(C(C)=O)cc1)C(=O)[C@@H]1Cc2ccccc2CN1. The molecule has 0 aromatic heterocycles. The van der Waals surface area contributed by atoms with Crippen molar-refractivity contribution in [1.82, 2.24) is 10.2 Å². The molecule has 1 N–H and O–H groups in total. The quantitative estimate of drug-likeness (QED) is 0.528. The van der Waals surface area contributed by atoms with Crippen LogP contribution >= 0.6 is 0 Å². The molecule has 33 heavy (non-hydrogen) atoms. The fraction of sp³-hybridized carbons (Fsp3) is 0.286. The van der Waals surface area contributed by atoms with E-state index in [0.717, 1.165) is 11.1 Å². The van der Waals surface area contributed by atoms with Gasteiger partial charge in [0.2, 0.25) is 5.91 Å². The lowest BCUT2D eigenvalue weighted by Crippen LogP contribution is -2.50. The van der Waals surface area contributed by atoms with Crippen LogP contribution in [-0.2, 0) is 29.0 Å². The smallest absolute Gasteiger partial charge is 0.240 e. The van der Waals surface area contributed by atoms with E-state index in [2.05, 4.69) is 17.4 Å². The Hall–Kier alpha value is -3.28. The Morgan fingerprint density at radius 1 is 0.970 bits per heavy atom. The third-order valence-corrected chi connectivity index (χ3v) is 6.26. The van der Waals surface area contributed by atoms with Crippen molar-refractivity contribution in [3.63, 3.8) is 0 Å². The number of benzene rings is 3. The van der Waals surface area contributed by atoms with Gasteiger partial charge in [-0.2, -0.15) is 0 Å². The second-order valence-electron chi connectivity index (χ2n) is 8.51. The summed E-state index contributed by atoms with van der Waals surface area (Å²) in [5, 5.41) is 3.44. The highest BCUT2D eigenvalue weighted by Crippen LogP contribution is 2.27. The molecule has 0 radical (unpaired) electrons. The van der Waals surface area contributed by atoms with E-state index in [-0.39, 0.29) is 23.8 Å². The van der Waals surface area contributed by atoms with Gasteiger partial charge in [0.15, 0.2) is 5.78 Å². The average molecular weight is 443 g/mol. The van der Waals surface area contributed by atoms with E-state index >= 15 is 0 Å². The molecule has 3 aromatic rings. The first kappa shape index (κ1) is 22.9. The molecule has 0 saturated heterocycles. The summed E-state index contributed by atoms with van der Waals surface area (Å²) in [5.41, 5.74) is 5.12. The summed E-state index contributed by atoms with van der Waals surface area (Å²) in [6, 6.07) is 25.2. The van der Waals surface area contributed by atoms with Crippen molar-refractivity contribution < 1.29 is 14.3 Å². The summed E-state index contributed by atoms with van der Waals surface area (Å²) in [6.07, 6.45) is 0.656. The largest absolute Gasteiger partial charge is 0.382 e. The predicted molar refractivity (Wildman–Crippen MR) is 129 cm³/mol. The number of nitrogens with one attached hydrogen (secondary N) is 1. The summed E-state index contributed by atoms with van der Waals surface area (Å²) in [4.78, 5) is 27.5. The highest BCUT2D eigenvalue weighted by Gasteiger charge is 2.32. The summed E-state index contributed by atoms with van der Waals surface area (Å²) < 4.78 is 5.56. The number of fused-ring (bicyclic) bond motifs is 1. The van der Waals surface area contributed by atoms with Gasteiger partial charge in [-0.15, -0.1) is 0 Å². The zero-order chi connectivity index (χ0) is 23.2. The third kappa shape index (κ3) is 5.38. The van der Waals surface area contributed by atoms with Crippen molar-refractivity contribution in [1.29, 1.82) is 0 Å². The third-order valence-electron chi connectivity index (χ3n) is 6.26. The van der Waals surface area contributed by atoms with Crippen molar-refractivity contribution in [3.05, 3.63) is 107 Å². The van der Waals surface area contributed by atoms with Crippen LogP contribution in [0, 0.1) is 0 Å². The lowest BCUT2D eigenvalue weighted by atomic mass is 9.94. The van der Waals surface area contributed by atoms with Crippen LogP contribution in [0.15, 0.2) is 78.9 Å². The standard InChI is InChI=1S/C28H30N2O3/c1-20(31)22-14-12-21(13-15-22)18-30(27(19-33-2)23-8-4-3-5-9-23)28(32)26-16-24-10-6-7-11-25(24)17-29-26/h3-15,26-27,29H,16-19H2,1-2H3/t26-,27-/m0/s1. The number of Topliss-reactive ketones (excluding diaryl/α,β-unsaturated/α-hetero) is 1. The molecule has 0 bridgehead atoms. The number of rotatable bonds is 8. The van der Waals surface area contributed by atoms with Crippen LogP contribution in [0.4, 0.5) is 0 Å². The second kappa shape index (κ2) is 10.6.